The molecule has 1 N–H and O–H groups in total. The van der Waals surface area contributed by atoms with Gasteiger partial charge in [0.1, 0.15) is 0 Å². The summed E-state index contributed by atoms with van der Waals surface area (Å²) in [5.74, 6) is 0. The lowest BCUT2D eigenvalue weighted by Crippen LogP contribution is -2.35. The number of urea groups is 1. The van der Waals surface area contributed by atoms with Gasteiger partial charge in [-0.15, -0.1) is 0 Å². The Morgan fingerprint density at radius 1 is 1.35 bits per heavy atom. The van der Waals surface area contributed by atoms with Crippen molar-refractivity contribution in [1.29, 1.82) is 0 Å². The third-order valence-corrected chi connectivity index (χ3v) is 4.78. The Bertz CT molecular complexity index is 476. The molecule has 1 unspecified atom stereocenters. The Morgan fingerprint density at radius 3 is 2.90 bits per heavy atom. The van der Waals surface area contributed by atoms with Crippen molar-refractivity contribution in [2.45, 2.75) is 50.4 Å². The first-order chi connectivity index (χ1) is 9.61. The maximum absolute atomic E-state index is 11.6. The number of rotatable bonds is 6. The summed E-state index contributed by atoms with van der Waals surface area (Å²) < 4.78 is 0. The van der Waals surface area contributed by atoms with E-state index in [9.17, 15) is 4.79 Å². The van der Waals surface area contributed by atoms with Crippen LogP contribution in [-0.2, 0) is 6.54 Å². The highest BCUT2D eigenvalue weighted by molar-refractivity contribution is 9.09. The van der Waals surface area contributed by atoms with Crippen LogP contribution in [0, 0.1) is 0 Å². The Morgan fingerprint density at radius 2 is 2.15 bits per heavy atom. The van der Waals surface area contributed by atoms with Crippen molar-refractivity contribution in [2.24, 2.45) is 0 Å². The van der Waals surface area contributed by atoms with E-state index in [1.807, 2.05) is 13.1 Å². The smallest absolute Gasteiger partial charge is 0.321 e. The molecule has 3 nitrogen and oxygen atoms in total. The number of unbranched alkanes of at least 4 members (excludes halogenated alkanes) is 3. The molecule has 20 heavy (non-hydrogen) atoms. The van der Waals surface area contributed by atoms with Gasteiger partial charge in [0.25, 0.3) is 0 Å². The van der Waals surface area contributed by atoms with E-state index >= 15 is 0 Å². The normalized spacial score (nSPS) is 15.8. The second kappa shape index (κ2) is 7.11. The highest BCUT2D eigenvalue weighted by Crippen LogP contribution is 2.32. The van der Waals surface area contributed by atoms with Crippen LogP contribution in [0.25, 0.3) is 0 Å². The Kier molecular flexibility index (Phi) is 5.46. The molecule has 0 saturated carbocycles. The molecule has 2 rings (SSSR count). The van der Waals surface area contributed by atoms with Crippen LogP contribution < -0.4 is 5.32 Å². The van der Waals surface area contributed by atoms with Crippen molar-refractivity contribution in [1.82, 2.24) is 4.90 Å². The van der Waals surface area contributed by atoms with E-state index in [4.69, 9.17) is 0 Å². The quantitative estimate of drug-likeness (QED) is 0.569. The lowest BCUT2D eigenvalue weighted by Gasteiger charge is -2.26. The molecule has 0 bridgehead atoms. The molecule has 0 spiro atoms. The van der Waals surface area contributed by atoms with Crippen molar-refractivity contribution >= 4 is 27.6 Å². The molecule has 2 amide bonds. The van der Waals surface area contributed by atoms with Gasteiger partial charge in [0.15, 0.2) is 0 Å². The fourth-order valence-electron chi connectivity index (χ4n) is 2.52. The lowest BCUT2D eigenvalue weighted by atomic mass is 10.0. The zero-order chi connectivity index (χ0) is 14.5. The van der Waals surface area contributed by atoms with E-state index in [0.717, 1.165) is 5.69 Å². The number of carbonyl (C=O) groups is 1. The number of amides is 2. The van der Waals surface area contributed by atoms with Crippen LogP contribution in [0.5, 0.6) is 0 Å². The number of halogens is 1. The van der Waals surface area contributed by atoms with Crippen LogP contribution in [0.4, 0.5) is 10.5 Å². The van der Waals surface area contributed by atoms with Crippen molar-refractivity contribution in [3.8, 4) is 0 Å². The minimum Gasteiger partial charge on any atom is -0.323 e. The molecule has 1 aliphatic heterocycles. The number of nitrogens with one attached hydrogen (secondary N) is 1. The monoisotopic (exact) mass is 338 g/mol. The van der Waals surface area contributed by atoms with Crippen LogP contribution >= 0.6 is 15.9 Å². The SMILES string of the molecule is CCCCCCC(Br)c1ccc2c(c1)CN(C)C(=O)N2. The summed E-state index contributed by atoms with van der Waals surface area (Å²) in [6, 6.07) is 6.32. The number of alkyl halides is 1. The van der Waals surface area contributed by atoms with Gasteiger partial charge in [0, 0.05) is 24.1 Å². The maximum atomic E-state index is 11.6. The zero-order valence-corrected chi connectivity index (χ0v) is 13.9. The number of anilines is 1. The average molecular weight is 339 g/mol. The topological polar surface area (TPSA) is 32.3 Å². The number of carbonyl (C=O) groups excluding carboxylic acids is 1. The molecular weight excluding hydrogens is 316 g/mol. The highest BCUT2D eigenvalue weighted by Gasteiger charge is 2.20. The highest BCUT2D eigenvalue weighted by atomic mass is 79.9. The summed E-state index contributed by atoms with van der Waals surface area (Å²) in [5.41, 5.74) is 3.45. The minimum atomic E-state index is -0.0276. The first-order valence-corrected chi connectivity index (χ1v) is 8.32. The molecule has 1 aliphatic rings. The second-order valence-electron chi connectivity index (χ2n) is 5.52. The van der Waals surface area contributed by atoms with E-state index < -0.39 is 0 Å². The molecule has 1 aromatic rings. The summed E-state index contributed by atoms with van der Waals surface area (Å²) in [6.07, 6.45) is 6.33. The van der Waals surface area contributed by atoms with E-state index in [0.29, 0.717) is 11.4 Å². The van der Waals surface area contributed by atoms with Crippen molar-refractivity contribution < 1.29 is 4.79 Å². The molecule has 0 radical (unpaired) electrons. The molecule has 110 valence electrons. The van der Waals surface area contributed by atoms with E-state index in [1.165, 1.54) is 43.2 Å². The first kappa shape index (κ1) is 15.4. The van der Waals surface area contributed by atoms with E-state index in [1.54, 1.807) is 4.90 Å². The average Bonchev–Trinajstić information content (AvgIpc) is 2.44. The Balaban J connectivity index is 2.00. The molecule has 1 heterocycles. The summed E-state index contributed by atoms with van der Waals surface area (Å²) in [4.78, 5) is 13.7. The first-order valence-electron chi connectivity index (χ1n) is 7.41. The maximum Gasteiger partial charge on any atom is 0.321 e. The lowest BCUT2D eigenvalue weighted by molar-refractivity contribution is 0.218. The van der Waals surface area contributed by atoms with Crippen LogP contribution in [-0.4, -0.2) is 18.0 Å². The zero-order valence-electron chi connectivity index (χ0n) is 12.3. The van der Waals surface area contributed by atoms with Gasteiger partial charge in [-0.1, -0.05) is 60.7 Å². The van der Waals surface area contributed by atoms with Gasteiger partial charge in [-0.3, -0.25) is 0 Å². The van der Waals surface area contributed by atoms with Gasteiger partial charge in [-0.05, 0) is 23.6 Å². The second-order valence-corrected chi connectivity index (χ2v) is 6.62. The number of hydrogen-bond acceptors (Lipinski definition) is 1. The summed E-state index contributed by atoms with van der Waals surface area (Å²) in [6.45, 7) is 2.92. The molecule has 0 aromatic heterocycles. The minimum absolute atomic E-state index is 0.0276. The van der Waals surface area contributed by atoms with Crippen molar-refractivity contribution in [3.63, 3.8) is 0 Å². The van der Waals surface area contributed by atoms with Crippen molar-refractivity contribution in [2.75, 3.05) is 12.4 Å². The van der Waals surface area contributed by atoms with Gasteiger partial charge in [-0.25, -0.2) is 4.79 Å². The largest absolute Gasteiger partial charge is 0.323 e. The van der Waals surface area contributed by atoms with Gasteiger partial charge in [0.2, 0.25) is 0 Å². The van der Waals surface area contributed by atoms with Crippen LogP contribution in [0.2, 0.25) is 0 Å². The van der Waals surface area contributed by atoms with Gasteiger partial charge in [-0.2, -0.15) is 0 Å². The fraction of sp³-hybridized carbons (Fsp3) is 0.562. The third-order valence-electron chi connectivity index (χ3n) is 3.80. The molecule has 4 heteroatoms. The molecule has 1 aromatic carbocycles. The molecular formula is C16H23BrN2O. The number of nitrogens with zero attached hydrogens (tertiary/aromatic N) is 1. The summed E-state index contributed by atoms with van der Waals surface area (Å²) >= 11 is 3.79. The number of hydrogen-bond donors (Lipinski definition) is 1. The van der Waals surface area contributed by atoms with Crippen LogP contribution in [0.1, 0.15) is 55.0 Å². The predicted octanol–water partition coefficient (Wildman–Crippen LogP) is 5.07. The summed E-state index contributed by atoms with van der Waals surface area (Å²) in [7, 11) is 1.82. The van der Waals surface area contributed by atoms with Crippen LogP contribution in [0.15, 0.2) is 18.2 Å². The molecule has 0 fully saturated rings. The van der Waals surface area contributed by atoms with Crippen molar-refractivity contribution in [3.05, 3.63) is 29.3 Å². The van der Waals surface area contributed by atoms with Gasteiger partial charge < -0.3 is 10.2 Å². The fourth-order valence-corrected chi connectivity index (χ4v) is 3.12. The van der Waals surface area contributed by atoms with Crippen LogP contribution in [0.3, 0.4) is 0 Å². The molecule has 0 saturated heterocycles. The molecule has 0 aliphatic carbocycles. The van der Waals surface area contributed by atoms with Gasteiger partial charge in [0.05, 0.1) is 0 Å². The number of fused-ring (bicyclic) bond motifs is 1. The summed E-state index contributed by atoms with van der Waals surface area (Å²) in [5, 5.41) is 2.91. The Labute approximate surface area is 129 Å². The predicted molar refractivity (Wildman–Crippen MR) is 87.4 cm³/mol. The Hall–Kier alpha value is -1.03. The number of benzene rings is 1. The molecule has 1 atom stereocenters. The standard InChI is InChI=1S/C16H23BrN2O/c1-3-4-5-6-7-14(17)12-8-9-15-13(10-12)11-19(2)16(20)18-15/h8-10,14H,3-7,11H2,1-2H3,(H,18,20). The van der Waals surface area contributed by atoms with E-state index in [2.05, 4.69) is 40.3 Å². The van der Waals surface area contributed by atoms with E-state index in [-0.39, 0.29) is 6.03 Å². The van der Waals surface area contributed by atoms with Gasteiger partial charge >= 0.3 is 6.03 Å². The third kappa shape index (κ3) is 3.75.